The fourth-order valence-electron chi connectivity index (χ4n) is 4.61. The highest BCUT2D eigenvalue weighted by Gasteiger charge is 2.26. The van der Waals surface area contributed by atoms with Gasteiger partial charge in [0.25, 0.3) is 5.56 Å². The number of nitrogens with two attached hydrogens (primary N) is 1. The Labute approximate surface area is 188 Å². The molecular formula is C22H36N8O2. The summed E-state index contributed by atoms with van der Waals surface area (Å²) >= 11 is 0. The molecule has 32 heavy (non-hydrogen) atoms. The number of allylic oxidation sites excluding steroid dienone is 2. The van der Waals surface area contributed by atoms with E-state index in [0.717, 1.165) is 57.1 Å². The molecule has 0 spiro atoms. The third-order valence-corrected chi connectivity index (χ3v) is 6.48. The first-order valence-electron chi connectivity index (χ1n) is 11.6. The minimum absolute atomic E-state index is 0.0833. The Hall–Kier alpha value is -2.43. The molecule has 10 nitrogen and oxygen atoms in total. The van der Waals surface area contributed by atoms with Crippen LogP contribution >= 0.6 is 0 Å². The largest absolute Gasteiger partial charge is 0.341 e. The van der Waals surface area contributed by atoms with Crippen LogP contribution in [0.5, 0.6) is 0 Å². The number of piperazine rings is 1. The van der Waals surface area contributed by atoms with E-state index in [0.29, 0.717) is 37.3 Å². The van der Waals surface area contributed by atoms with Gasteiger partial charge >= 0.3 is 5.69 Å². The summed E-state index contributed by atoms with van der Waals surface area (Å²) in [7, 11) is 1.70. The second-order valence-corrected chi connectivity index (χ2v) is 9.21. The number of piperidine rings is 1. The molecule has 1 atom stereocenters. The summed E-state index contributed by atoms with van der Waals surface area (Å²) in [6.45, 7) is 10.9. The van der Waals surface area contributed by atoms with Crippen LogP contribution < -0.4 is 27.2 Å². The van der Waals surface area contributed by atoms with Gasteiger partial charge in [0.1, 0.15) is 0 Å². The minimum atomic E-state index is -0.314. The van der Waals surface area contributed by atoms with E-state index >= 15 is 0 Å². The average molecular weight is 445 g/mol. The van der Waals surface area contributed by atoms with Crippen LogP contribution in [-0.2, 0) is 20.1 Å². The van der Waals surface area contributed by atoms with Crippen molar-refractivity contribution in [2.75, 3.05) is 50.7 Å². The molecule has 4 rings (SSSR count). The summed E-state index contributed by atoms with van der Waals surface area (Å²) in [4.78, 5) is 35.9. The Morgan fingerprint density at radius 2 is 1.91 bits per heavy atom. The number of anilines is 1. The lowest BCUT2D eigenvalue weighted by Gasteiger charge is -2.31. The molecule has 2 saturated heterocycles. The molecule has 2 aromatic rings. The Morgan fingerprint density at radius 3 is 2.59 bits per heavy atom. The molecule has 2 aromatic heterocycles. The number of nitrogens with zero attached hydrogens (tertiary/aromatic N) is 6. The Bertz CT molecular complexity index is 1100. The lowest BCUT2D eigenvalue weighted by atomic mass is 10.1. The van der Waals surface area contributed by atoms with Gasteiger partial charge < -0.3 is 20.5 Å². The molecule has 2 aliphatic heterocycles. The third-order valence-electron chi connectivity index (χ3n) is 6.48. The molecule has 0 saturated carbocycles. The van der Waals surface area contributed by atoms with E-state index in [1.165, 1.54) is 9.13 Å². The number of aryl methyl sites for hydroxylation is 1. The minimum Gasteiger partial charge on any atom is -0.341 e. The van der Waals surface area contributed by atoms with Crippen molar-refractivity contribution in [2.24, 2.45) is 12.8 Å². The molecule has 1 unspecified atom stereocenters. The van der Waals surface area contributed by atoms with E-state index in [2.05, 4.69) is 21.2 Å². The van der Waals surface area contributed by atoms with Crippen molar-refractivity contribution in [1.29, 1.82) is 0 Å². The maximum Gasteiger partial charge on any atom is 0.332 e. The summed E-state index contributed by atoms with van der Waals surface area (Å²) in [5, 5.41) is 3.33. The van der Waals surface area contributed by atoms with E-state index in [1.54, 1.807) is 7.05 Å². The molecule has 3 N–H and O–H groups in total. The first kappa shape index (κ1) is 22.8. The smallest absolute Gasteiger partial charge is 0.332 e. The van der Waals surface area contributed by atoms with E-state index in [4.69, 9.17) is 10.7 Å². The second kappa shape index (κ2) is 9.60. The predicted octanol–water partition coefficient (Wildman–Crippen LogP) is -0.304. The zero-order valence-corrected chi connectivity index (χ0v) is 19.5. The number of rotatable bonds is 6. The SMILES string of the molecule is CC(C)=CCn1c(N2CCCC(N)C2)nc2c1c(=O)n(CCN1CCNCC1)c(=O)n2C. The molecule has 0 bridgehead atoms. The quantitative estimate of drug-likeness (QED) is 0.589. The number of hydrogen-bond donors (Lipinski definition) is 2. The number of fused-ring (bicyclic) bond motifs is 1. The summed E-state index contributed by atoms with van der Waals surface area (Å²) in [6, 6.07) is 0.0833. The first-order chi connectivity index (χ1) is 15.4. The van der Waals surface area contributed by atoms with E-state index in [1.807, 2.05) is 18.4 Å². The van der Waals surface area contributed by atoms with Crippen LogP contribution in [-0.4, -0.2) is 75.4 Å². The van der Waals surface area contributed by atoms with Crippen molar-refractivity contribution in [3.63, 3.8) is 0 Å². The molecule has 176 valence electrons. The van der Waals surface area contributed by atoms with Gasteiger partial charge in [-0.05, 0) is 26.7 Å². The highest BCUT2D eigenvalue weighted by atomic mass is 16.2. The van der Waals surface area contributed by atoms with Gasteiger partial charge in [-0.25, -0.2) is 4.79 Å². The lowest BCUT2D eigenvalue weighted by molar-refractivity contribution is 0.230. The van der Waals surface area contributed by atoms with E-state index < -0.39 is 0 Å². The van der Waals surface area contributed by atoms with Crippen LogP contribution in [0.25, 0.3) is 11.2 Å². The Balaban J connectivity index is 1.79. The zero-order chi connectivity index (χ0) is 22.8. The van der Waals surface area contributed by atoms with Crippen LogP contribution in [0.15, 0.2) is 21.2 Å². The maximum absolute atomic E-state index is 13.6. The van der Waals surface area contributed by atoms with Crippen LogP contribution in [0.2, 0.25) is 0 Å². The number of imidazole rings is 1. The standard InChI is InChI=1S/C22H36N8O2/c1-16(2)6-10-29-18-19(25-21(29)28-9-4-5-17(23)15-28)26(3)22(32)30(20(18)31)14-13-27-11-7-24-8-12-27/h6,17,24H,4-5,7-15,23H2,1-3H3. The Kier molecular flexibility index (Phi) is 6.82. The van der Waals surface area contributed by atoms with Gasteiger partial charge in [0.15, 0.2) is 11.2 Å². The van der Waals surface area contributed by atoms with Crippen LogP contribution in [0.4, 0.5) is 5.95 Å². The molecular weight excluding hydrogens is 408 g/mol. The molecule has 0 aliphatic carbocycles. The molecule has 4 heterocycles. The van der Waals surface area contributed by atoms with Gasteiger partial charge in [-0.1, -0.05) is 11.6 Å². The van der Waals surface area contributed by atoms with Gasteiger partial charge in [0, 0.05) is 72.0 Å². The van der Waals surface area contributed by atoms with Crippen LogP contribution in [0, 0.1) is 0 Å². The summed E-state index contributed by atoms with van der Waals surface area (Å²) in [5.41, 5.74) is 7.74. The molecule has 10 heteroatoms. The maximum atomic E-state index is 13.6. The van der Waals surface area contributed by atoms with Gasteiger partial charge in [0.2, 0.25) is 5.95 Å². The number of aromatic nitrogens is 4. The van der Waals surface area contributed by atoms with Crippen molar-refractivity contribution in [1.82, 2.24) is 28.9 Å². The highest BCUT2D eigenvalue weighted by molar-refractivity contribution is 5.74. The van der Waals surface area contributed by atoms with Gasteiger partial charge in [-0.2, -0.15) is 4.98 Å². The normalized spacial score (nSPS) is 20.1. The monoisotopic (exact) mass is 444 g/mol. The summed E-state index contributed by atoms with van der Waals surface area (Å²) in [6.07, 6.45) is 4.06. The van der Waals surface area contributed by atoms with Crippen LogP contribution in [0.1, 0.15) is 26.7 Å². The topological polar surface area (TPSA) is 106 Å². The highest BCUT2D eigenvalue weighted by Crippen LogP contribution is 2.23. The predicted molar refractivity (Wildman–Crippen MR) is 127 cm³/mol. The van der Waals surface area contributed by atoms with Crippen molar-refractivity contribution in [2.45, 2.75) is 45.8 Å². The Morgan fingerprint density at radius 1 is 1.16 bits per heavy atom. The second-order valence-electron chi connectivity index (χ2n) is 9.21. The van der Waals surface area contributed by atoms with Crippen molar-refractivity contribution >= 4 is 17.1 Å². The summed E-state index contributed by atoms with van der Waals surface area (Å²) < 4.78 is 4.85. The molecule has 0 amide bonds. The number of hydrogen-bond acceptors (Lipinski definition) is 7. The molecule has 0 aromatic carbocycles. The van der Waals surface area contributed by atoms with Gasteiger partial charge in [-0.15, -0.1) is 0 Å². The lowest BCUT2D eigenvalue weighted by Crippen LogP contribution is -2.47. The molecule has 0 radical (unpaired) electrons. The van der Waals surface area contributed by atoms with Crippen molar-refractivity contribution < 1.29 is 0 Å². The fourth-order valence-corrected chi connectivity index (χ4v) is 4.61. The van der Waals surface area contributed by atoms with Gasteiger partial charge in [-0.3, -0.25) is 18.8 Å². The fraction of sp³-hybridized carbons (Fsp3) is 0.682. The van der Waals surface area contributed by atoms with Crippen molar-refractivity contribution in [3.8, 4) is 0 Å². The molecule has 2 fully saturated rings. The number of nitrogens with one attached hydrogen (secondary N) is 1. The van der Waals surface area contributed by atoms with E-state index in [-0.39, 0.29) is 17.3 Å². The molecule has 2 aliphatic rings. The summed E-state index contributed by atoms with van der Waals surface area (Å²) in [5.74, 6) is 0.722. The average Bonchev–Trinajstić information content (AvgIpc) is 3.17. The van der Waals surface area contributed by atoms with Crippen molar-refractivity contribution in [3.05, 3.63) is 32.5 Å². The van der Waals surface area contributed by atoms with Gasteiger partial charge in [0.05, 0.1) is 0 Å². The zero-order valence-electron chi connectivity index (χ0n) is 19.5. The van der Waals surface area contributed by atoms with E-state index in [9.17, 15) is 9.59 Å². The van der Waals surface area contributed by atoms with Crippen LogP contribution in [0.3, 0.4) is 0 Å². The third kappa shape index (κ3) is 4.53. The first-order valence-corrected chi connectivity index (χ1v) is 11.6.